The number of carbonyl (C=O) groups is 2. The van der Waals surface area contributed by atoms with Gasteiger partial charge in [-0.05, 0) is 59.3 Å². The van der Waals surface area contributed by atoms with Crippen LogP contribution in [0.3, 0.4) is 0 Å². The van der Waals surface area contributed by atoms with Crippen LogP contribution in [0.2, 0.25) is 0 Å². The van der Waals surface area contributed by atoms with Crippen LogP contribution in [0.4, 0.5) is 4.79 Å². The Morgan fingerprint density at radius 1 is 0.938 bits per heavy atom. The van der Waals surface area contributed by atoms with Crippen molar-refractivity contribution in [3.05, 3.63) is 70.8 Å². The molecule has 32 heavy (non-hydrogen) atoms. The summed E-state index contributed by atoms with van der Waals surface area (Å²) in [5.41, 5.74) is 3.64. The number of amides is 2. The number of benzene rings is 2. The fraction of sp³-hybridized carbons (Fsp3) is 0.481. The van der Waals surface area contributed by atoms with Crippen LogP contribution in [-0.2, 0) is 28.5 Å². The van der Waals surface area contributed by atoms with Crippen LogP contribution in [-0.4, -0.2) is 29.2 Å². The van der Waals surface area contributed by atoms with Crippen molar-refractivity contribution in [1.29, 1.82) is 0 Å². The Bertz CT molecular complexity index is 982. The van der Waals surface area contributed by atoms with E-state index in [9.17, 15) is 14.7 Å². The highest BCUT2D eigenvalue weighted by Gasteiger charge is 2.39. The average molecular weight is 437 g/mol. The number of fused-ring (bicyclic) bond motifs is 1. The zero-order valence-electron chi connectivity index (χ0n) is 19.9. The lowest BCUT2D eigenvalue weighted by Gasteiger charge is -2.42. The van der Waals surface area contributed by atoms with Gasteiger partial charge in [-0.3, -0.25) is 4.79 Å². The van der Waals surface area contributed by atoms with Gasteiger partial charge in [-0.15, -0.1) is 0 Å². The van der Waals surface area contributed by atoms with Gasteiger partial charge in [-0.1, -0.05) is 76.2 Å². The minimum absolute atomic E-state index is 0.0510. The van der Waals surface area contributed by atoms with Gasteiger partial charge in [-0.25, -0.2) is 4.79 Å². The molecule has 0 fully saturated rings. The van der Waals surface area contributed by atoms with E-state index in [-0.39, 0.29) is 16.7 Å². The first-order chi connectivity index (χ1) is 14.9. The molecule has 0 spiro atoms. The van der Waals surface area contributed by atoms with Gasteiger partial charge < -0.3 is 15.7 Å². The van der Waals surface area contributed by atoms with Gasteiger partial charge in [0.25, 0.3) is 0 Å². The average Bonchev–Trinajstić information content (AvgIpc) is 2.71. The molecule has 172 valence electrons. The summed E-state index contributed by atoms with van der Waals surface area (Å²) in [5, 5.41) is 14.8. The largest absolute Gasteiger partial charge is 0.465 e. The van der Waals surface area contributed by atoms with E-state index in [4.69, 9.17) is 0 Å². The minimum Gasteiger partial charge on any atom is -0.465 e. The van der Waals surface area contributed by atoms with Crippen molar-refractivity contribution in [3.8, 4) is 0 Å². The first-order valence-corrected chi connectivity index (χ1v) is 11.4. The maximum Gasteiger partial charge on any atom is 0.405 e. The minimum atomic E-state index is -1.26. The molecule has 1 aliphatic carbocycles. The second kappa shape index (κ2) is 8.97. The van der Waals surface area contributed by atoms with E-state index in [1.54, 1.807) is 6.92 Å². The zero-order chi connectivity index (χ0) is 23.6. The van der Waals surface area contributed by atoms with Crippen LogP contribution >= 0.6 is 0 Å². The van der Waals surface area contributed by atoms with Gasteiger partial charge in [0.05, 0.1) is 0 Å². The maximum absolute atomic E-state index is 13.1. The van der Waals surface area contributed by atoms with Gasteiger partial charge in [0.1, 0.15) is 5.54 Å². The molecule has 1 atom stereocenters. The van der Waals surface area contributed by atoms with E-state index in [0.717, 1.165) is 24.0 Å². The lowest BCUT2D eigenvalue weighted by Crippen LogP contribution is -2.58. The molecule has 5 nitrogen and oxygen atoms in total. The zero-order valence-corrected chi connectivity index (χ0v) is 19.9. The second-order valence-corrected chi connectivity index (χ2v) is 10.6. The number of carboxylic acid groups (broad SMARTS) is 1. The fourth-order valence-electron chi connectivity index (χ4n) is 4.73. The van der Waals surface area contributed by atoms with Gasteiger partial charge >= 0.3 is 6.09 Å². The highest BCUT2D eigenvalue weighted by molar-refractivity contribution is 5.89. The Hall–Kier alpha value is -2.82. The molecule has 2 aromatic carbocycles. The molecule has 0 saturated carbocycles. The van der Waals surface area contributed by atoms with Gasteiger partial charge in [0, 0.05) is 13.0 Å². The third-order valence-electron chi connectivity index (χ3n) is 6.90. The summed E-state index contributed by atoms with van der Waals surface area (Å²) < 4.78 is 0. The smallest absolute Gasteiger partial charge is 0.405 e. The van der Waals surface area contributed by atoms with Crippen LogP contribution in [0.1, 0.15) is 69.7 Å². The predicted octanol–water partition coefficient (Wildman–Crippen LogP) is 4.96. The third-order valence-corrected chi connectivity index (χ3v) is 6.90. The first kappa shape index (κ1) is 23.8. The molecule has 1 unspecified atom stereocenters. The summed E-state index contributed by atoms with van der Waals surface area (Å²) in [4.78, 5) is 24.6. The van der Waals surface area contributed by atoms with Crippen molar-refractivity contribution < 1.29 is 14.7 Å². The highest BCUT2D eigenvalue weighted by atomic mass is 16.4. The van der Waals surface area contributed by atoms with Crippen molar-refractivity contribution in [2.75, 3.05) is 6.54 Å². The normalized spacial score (nSPS) is 18.2. The standard InChI is InChI=1S/C27H36N2O3/c1-25(2)14-15-26(3,4)22-17-20(11-12-21(22)25)18-27(5,29-24(31)32)23(30)28-16-13-19-9-7-6-8-10-19/h6-12,17,29H,13-16,18H2,1-5H3,(H,28,30)(H,31,32). The SMILES string of the molecule is CC(Cc1ccc2c(c1)C(C)(C)CCC2(C)C)(NC(=O)O)C(=O)NCCc1ccccc1. The Labute approximate surface area is 191 Å². The third kappa shape index (κ3) is 5.32. The predicted molar refractivity (Wildman–Crippen MR) is 128 cm³/mol. The molecule has 2 aromatic rings. The van der Waals surface area contributed by atoms with Crippen molar-refractivity contribution in [2.45, 2.75) is 76.7 Å². The van der Waals surface area contributed by atoms with Crippen LogP contribution in [0, 0.1) is 0 Å². The molecular weight excluding hydrogens is 400 g/mol. The summed E-state index contributed by atoms with van der Waals surface area (Å²) in [6, 6.07) is 16.3. The summed E-state index contributed by atoms with van der Waals surface area (Å²) in [7, 11) is 0. The first-order valence-electron chi connectivity index (χ1n) is 11.4. The molecule has 0 aliphatic heterocycles. The Morgan fingerprint density at radius 3 is 2.19 bits per heavy atom. The van der Waals surface area contributed by atoms with Crippen LogP contribution in [0.5, 0.6) is 0 Å². The van der Waals surface area contributed by atoms with E-state index in [1.165, 1.54) is 11.1 Å². The molecule has 0 heterocycles. The second-order valence-electron chi connectivity index (χ2n) is 10.6. The quantitative estimate of drug-likeness (QED) is 0.574. The molecule has 3 rings (SSSR count). The van der Waals surface area contributed by atoms with E-state index in [1.807, 2.05) is 36.4 Å². The van der Waals surface area contributed by atoms with E-state index < -0.39 is 11.6 Å². The fourth-order valence-corrected chi connectivity index (χ4v) is 4.73. The molecule has 2 amide bonds. The van der Waals surface area contributed by atoms with E-state index >= 15 is 0 Å². The topological polar surface area (TPSA) is 78.4 Å². The van der Waals surface area contributed by atoms with E-state index in [2.05, 4.69) is 50.5 Å². The number of nitrogens with one attached hydrogen (secondary N) is 2. The van der Waals surface area contributed by atoms with Gasteiger partial charge in [-0.2, -0.15) is 0 Å². The highest BCUT2D eigenvalue weighted by Crippen LogP contribution is 2.46. The molecular formula is C27H36N2O3. The van der Waals surface area contributed by atoms with Crippen LogP contribution in [0.15, 0.2) is 48.5 Å². The molecule has 0 aromatic heterocycles. The van der Waals surface area contributed by atoms with E-state index in [0.29, 0.717) is 19.4 Å². The van der Waals surface area contributed by atoms with Gasteiger partial charge in [0.2, 0.25) is 5.91 Å². The van der Waals surface area contributed by atoms with Crippen LogP contribution in [0.25, 0.3) is 0 Å². The molecule has 0 bridgehead atoms. The monoisotopic (exact) mass is 436 g/mol. The Kier molecular flexibility index (Phi) is 6.68. The maximum atomic E-state index is 13.1. The molecule has 1 aliphatic rings. The number of carbonyl (C=O) groups excluding carboxylic acids is 1. The molecule has 5 heteroatoms. The Morgan fingerprint density at radius 2 is 1.56 bits per heavy atom. The van der Waals surface area contributed by atoms with Gasteiger partial charge in [0.15, 0.2) is 0 Å². The van der Waals surface area contributed by atoms with Crippen LogP contribution < -0.4 is 10.6 Å². The lowest BCUT2D eigenvalue weighted by molar-refractivity contribution is -0.126. The molecule has 0 saturated heterocycles. The number of hydrogen-bond acceptors (Lipinski definition) is 2. The number of rotatable bonds is 7. The summed E-state index contributed by atoms with van der Waals surface area (Å²) in [5.74, 6) is -0.312. The van der Waals surface area contributed by atoms with Crippen molar-refractivity contribution >= 4 is 12.0 Å². The van der Waals surface area contributed by atoms with Crippen molar-refractivity contribution in [3.63, 3.8) is 0 Å². The summed E-state index contributed by atoms with van der Waals surface area (Å²) in [6.45, 7) is 11.2. The molecule has 0 radical (unpaired) electrons. The lowest BCUT2D eigenvalue weighted by atomic mass is 9.63. The molecule has 3 N–H and O–H groups in total. The van der Waals surface area contributed by atoms with Crippen molar-refractivity contribution in [2.24, 2.45) is 0 Å². The summed E-state index contributed by atoms with van der Waals surface area (Å²) >= 11 is 0. The summed E-state index contributed by atoms with van der Waals surface area (Å²) in [6.07, 6.45) is 2.01. The van der Waals surface area contributed by atoms with Crippen molar-refractivity contribution in [1.82, 2.24) is 10.6 Å². The number of hydrogen-bond donors (Lipinski definition) is 3. The Balaban J connectivity index is 1.80.